The summed E-state index contributed by atoms with van der Waals surface area (Å²) in [6.07, 6.45) is 0. The van der Waals surface area contributed by atoms with E-state index in [1.165, 1.54) is 88.5 Å². The van der Waals surface area contributed by atoms with Crippen molar-refractivity contribution in [1.29, 1.82) is 0 Å². The van der Waals surface area contributed by atoms with Gasteiger partial charge in [-0.15, -0.1) is 0 Å². The Bertz CT molecular complexity index is 3540. The van der Waals surface area contributed by atoms with Crippen LogP contribution in [-0.2, 0) is 0 Å². The number of para-hydroxylation sites is 2. The maximum Gasteiger partial charge on any atom is 0.123 e. The summed E-state index contributed by atoms with van der Waals surface area (Å²) in [6, 6.07) is 75.0. The molecule has 2 nitrogen and oxygen atoms in total. The van der Waals surface area contributed by atoms with E-state index >= 15 is 0 Å². The Morgan fingerprint density at radius 3 is 1.05 bits per heavy atom. The van der Waals surface area contributed by atoms with Crippen LogP contribution >= 0.6 is 0 Å². The quantitative estimate of drug-likeness (QED) is 0.155. The number of fused-ring (bicyclic) bond motifs is 8. The van der Waals surface area contributed by atoms with Gasteiger partial charge in [-0.1, -0.05) is 140 Å². The van der Waals surface area contributed by atoms with E-state index in [1.54, 1.807) is 0 Å². The van der Waals surface area contributed by atoms with Crippen LogP contribution in [0.2, 0.25) is 0 Å². The van der Waals surface area contributed by atoms with Crippen LogP contribution in [0.5, 0.6) is 0 Å². The molecule has 0 atom stereocenters. The van der Waals surface area contributed by atoms with Crippen LogP contribution in [0, 0.1) is 5.82 Å². The molecule has 0 N–H and O–H groups in total. The van der Waals surface area contributed by atoms with Crippen molar-refractivity contribution < 1.29 is 4.39 Å². The third-order valence-electron chi connectivity index (χ3n) is 12.2. The smallest absolute Gasteiger partial charge is 0.123 e. The van der Waals surface area contributed by atoms with Gasteiger partial charge >= 0.3 is 0 Å². The van der Waals surface area contributed by atoms with Gasteiger partial charge in [0.15, 0.2) is 0 Å². The van der Waals surface area contributed by atoms with Crippen LogP contribution < -0.4 is 0 Å². The average Bonchev–Trinajstić information content (AvgIpc) is 3.81. The third-order valence-corrected chi connectivity index (χ3v) is 12.2. The molecule has 0 aliphatic heterocycles. The minimum absolute atomic E-state index is 0.238. The van der Waals surface area contributed by atoms with Crippen LogP contribution in [0.1, 0.15) is 0 Å². The van der Waals surface area contributed by atoms with Gasteiger partial charge in [0.2, 0.25) is 0 Å². The summed E-state index contributed by atoms with van der Waals surface area (Å²) in [5.74, 6) is -0.238. The summed E-state index contributed by atoms with van der Waals surface area (Å²) >= 11 is 0. The molecule has 0 aliphatic carbocycles. The Morgan fingerprint density at radius 1 is 0.254 bits per heavy atom. The number of rotatable bonds is 5. The van der Waals surface area contributed by atoms with Gasteiger partial charge in [-0.3, -0.25) is 0 Å². The highest BCUT2D eigenvalue weighted by molar-refractivity contribution is 6.21. The van der Waals surface area contributed by atoms with Gasteiger partial charge in [-0.05, 0) is 128 Å². The molecule has 59 heavy (non-hydrogen) atoms. The molecule has 10 aromatic carbocycles. The summed E-state index contributed by atoms with van der Waals surface area (Å²) in [4.78, 5) is 0. The molecule has 0 aliphatic rings. The first-order valence-corrected chi connectivity index (χ1v) is 20.1. The van der Waals surface area contributed by atoms with Crippen molar-refractivity contribution in [2.45, 2.75) is 0 Å². The number of hydrogen-bond acceptors (Lipinski definition) is 0. The Morgan fingerprint density at radius 2 is 0.593 bits per heavy atom. The Labute approximate surface area is 340 Å². The maximum atomic E-state index is 13.9. The van der Waals surface area contributed by atoms with Crippen molar-refractivity contribution in [3.63, 3.8) is 0 Å². The highest BCUT2D eigenvalue weighted by Gasteiger charge is 2.19. The Hall–Kier alpha value is -7.75. The third kappa shape index (κ3) is 5.18. The summed E-state index contributed by atoms with van der Waals surface area (Å²) in [5, 5.41) is 9.78. The minimum Gasteiger partial charge on any atom is -0.309 e. The van der Waals surface area contributed by atoms with Crippen molar-refractivity contribution in [3.8, 4) is 44.8 Å². The number of aromatic nitrogens is 2. The molecule has 12 aromatic rings. The van der Waals surface area contributed by atoms with Crippen LogP contribution in [-0.4, -0.2) is 9.13 Å². The molecule has 3 heteroatoms. The molecule has 0 radical (unpaired) electrons. The van der Waals surface area contributed by atoms with Crippen LogP contribution in [0.4, 0.5) is 4.39 Å². The van der Waals surface area contributed by atoms with E-state index in [0.29, 0.717) is 0 Å². The molecule has 0 amide bonds. The standard InChI is InChI=1S/C56H35FN2/c57-40-26-30-42(31-27-40)59-52-21-11-9-15-44(52)50-35-39(25-33-54(50)59)38-24-32-53-49(34-38)43-14-8-10-20-51(43)58(53)41-28-22-37(23-29-41)56-47-18-6-4-16-45(47)55(36-12-2-1-3-13-36)46-17-5-7-19-48(46)56/h1-35H. The number of hydrogen-bond donors (Lipinski definition) is 0. The summed E-state index contributed by atoms with van der Waals surface area (Å²) in [5.41, 5.74) is 13.9. The van der Waals surface area contributed by atoms with Gasteiger partial charge in [-0.2, -0.15) is 0 Å². The van der Waals surface area contributed by atoms with E-state index < -0.39 is 0 Å². The number of nitrogens with zero attached hydrogens (tertiary/aromatic N) is 2. The van der Waals surface area contributed by atoms with E-state index in [9.17, 15) is 4.39 Å². The van der Waals surface area contributed by atoms with Gasteiger partial charge < -0.3 is 9.13 Å². The van der Waals surface area contributed by atoms with E-state index in [-0.39, 0.29) is 5.82 Å². The lowest BCUT2D eigenvalue weighted by molar-refractivity contribution is 0.627. The molecule has 2 aromatic heterocycles. The zero-order valence-electron chi connectivity index (χ0n) is 32.0. The van der Waals surface area contributed by atoms with E-state index in [0.717, 1.165) is 33.5 Å². The van der Waals surface area contributed by atoms with Gasteiger partial charge in [0, 0.05) is 32.9 Å². The highest BCUT2D eigenvalue weighted by atomic mass is 19.1. The van der Waals surface area contributed by atoms with Crippen LogP contribution in [0.15, 0.2) is 212 Å². The lowest BCUT2D eigenvalue weighted by Crippen LogP contribution is -1.95. The molecule has 0 bridgehead atoms. The monoisotopic (exact) mass is 754 g/mol. The average molecular weight is 755 g/mol. The zero-order chi connectivity index (χ0) is 39.0. The fourth-order valence-electron chi connectivity index (χ4n) is 9.58. The van der Waals surface area contributed by atoms with Crippen LogP contribution in [0.3, 0.4) is 0 Å². The number of halogens is 1. The predicted octanol–water partition coefficient (Wildman–Crippen LogP) is 15.3. The first-order valence-electron chi connectivity index (χ1n) is 20.1. The molecule has 276 valence electrons. The zero-order valence-corrected chi connectivity index (χ0v) is 32.0. The molecule has 0 saturated carbocycles. The Balaban J connectivity index is 0.987. The van der Waals surface area contributed by atoms with Gasteiger partial charge in [-0.25, -0.2) is 4.39 Å². The predicted molar refractivity (Wildman–Crippen MR) is 246 cm³/mol. The fourth-order valence-corrected chi connectivity index (χ4v) is 9.58. The van der Waals surface area contributed by atoms with E-state index in [4.69, 9.17) is 0 Å². The summed E-state index contributed by atoms with van der Waals surface area (Å²) in [7, 11) is 0. The second-order valence-corrected chi connectivity index (χ2v) is 15.4. The van der Waals surface area contributed by atoms with Crippen molar-refractivity contribution in [2.75, 3.05) is 0 Å². The SMILES string of the molecule is Fc1ccc(-n2c3ccccc3c3cc(-c4ccc5c(c4)c4ccccc4n5-c4ccc(-c5c6ccccc6c(-c6ccccc6)c6ccccc56)cc4)ccc32)cc1. The first kappa shape index (κ1) is 33.4. The molecular formula is C56H35FN2. The molecular weight excluding hydrogens is 720 g/mol. The van der Waals surface area contributed by atoms with Crippen molar-refractivity contribution >= 4 is 65.2 Å². The van der Waals surface area contributed by atoms with E-state index in [1.807, 2.05) is 12.1 Å². The fraction of sp³-hybridized carbons (Fsp3) is 0. The highest BCUT2D eigenvalue weighted by Crippen LogP contribution is 2.44. The summed E-state index contributed by atoms with van der Waals surface area (Å²) < 4.78 is 18.5. The van der Waals surface area contributed by atoms with E-state index in [2.05, 4.69) is 197 Å². The normalized spacial score (nSPS) is 11.8. The van der Waals surface area contributed by atoms with Crippen molar-refractivity contribution in [1.82, 2.24) is 9.13 Å². The van der Waals surface area contributed by atoms with Gasteiger partial charge in [0.25, 0.3) is 0 Å². The molecule has 0 fully saturated rings. The molecule has 0 saturated heterocycles. The van der Waals surface area contributed by atoms with Crippen molar-refractivity contribution in [3.05, 3.63) is 218 Å². The van der Waals surface area contributed by atoms with Crippen LogP contribution in [0.25, 0.3) is 110 Å². The van der Waals surface area contributed by atoms with Gasteiger partial charge in [0.05, 0.1) is 22.1 Å². The molecule has 0 spiro atoms. The molecule has 2 heterocycles. The summed E-state index contributed by atoms with van der Waals surface area (Å²) in [6.45, 7) is 0. The first-order chi connectivity index (χ1) is 29.2. The van der Waals surface area contributed by atoms with Crippen molar-refractivity contribution in [2.24, 2.45) is 0 Å². The second kappa shape index (κ2) is 13.2. The largest absolute Gasteiger partial charge is 0.309 e. The molecule has 0 unspecified atom stereocenters. The van der Waals surface area contributed by atoms with Gasteiger partial charge in [0.1, 0.15) is 5.82 Å². The second-order valence-electron chi connectivity index (χ2n) is 15.4. The lowest BCUT2D eigenvalue weighted by atomic mass is 9.86. The Kier molecular flexibility index (Phi) is 7.45. The number of benzene rings is 10. The lowest BCUT2D eigenvalue weighted by Gasteiger charge is -2.18. The molecule has 12 rings (SSSR count). The minimum atomic E-state index is -0.238. The topological polar surface area (TPSA) is 9.86 Å². The maximum absolute atomic E-state index is 13.9.